The smallest absolute Gasteiger partial charge is 0.276 e. The maximum absolute atomic E-state index is 12.2. The minimum Gasteiger partial charge on any atom is -0.333 e. The molecule has 0 radical (unpaired) electrons. The van der Waals surface area contributed by atoms with Gasteiger partial charge in [-0.05, 0) is 42.8 Å². The van der Waals surface area contributed by atoms with Crippen molar-refractivity contribution < 1.29 is 14.5 Å². The Morgan fingerprint density at radius 1 is 1.26 bits per heavy atom. The molecule has 8 heteroatoms. The number of nitrogens with zero attached hydrogens (tertiary/aromatic N) is 2. The summed E-state index contributed by atoms with van der Waals surface area (Å²) in [6.45, 7) is 1.72. The Balaban J connectivity index is 1.99. The highest BCUT2D eigenvalue weighted by Crippen LogP contribution is 2.20. The quantitative estimate of drug-likeness (QED) is 0.427. The molecule has 7 nitrogen and oxygen atoms in total. The van der Waals surface area contributed by atoms with Crippen LogP contribution in [0.1, 0.15) is 11.1 Å². The van der Waals surface area contributed by atoms with Crippen LogP contribution < -0.4 is 5.32 Å². The zero-order valence-electron chi connectivity index (χ0n) is 14.8. The molecule has 0 atom stereocenters. The Labute approximate surface area is 165 Å². The molecular formula is C19H18BrN3O4. The van der Waals surface area contributed by atoms with Gasteiger partial charge in [-0.15, -0.1) is 0 Å². The second kappa shape index (κ2) is 9.09. The summed E-state index contributed by atoms with van der Waals surface area (Å²) in [6.07, 6.45) is 2.58. The van der Waals surface area contributed by atoms with Gasteiger partial charge in [-0.2, -0.15) is 0 Å². The van der Waals surface area contributed by atoms with Gasteiger partial charge in [-0.25, -0.2) is 0 Å². The monoisotopic (exact) mass is 431 g/mol. The molecule has 0 saturated heterocycles. The molecule has 0 spiro atoms. The van der Waals surface area contributed by atoms with Crippen molar-refractivity contribution >= 4 is 45.2 Å². The number of halogens is 1. The maximum Gasteiger partial charge on any atom is 0.276 e. The van der Waals surface area contributed by atoms with Crippen LogP contribution in [0, 0.1) is 17.0 Å². The van der Waals surface area contributed by atoms with E-state index in [2.05, 4.69) is 21.2 Å². The third kappa shape index (κ3) is 5.75. The average Bonchev–Trinajstić information content (AvgIpc) is 2.62. The fourth-order valence-electron chi connectivity index (χ4n) is 2.33. The van der Waals surface area contributed by atoms with E-state index < -0.39 is 10.8 Å². The van der Waals surface area contributed by atoms with Crippen LogP contribution in [0.5, 0.6) is 0 Å². The number of carbonyl (C=O) groups is 2. The van der Waals surface area contributed by atoms with Gasteiger partial charge < -0.3 is 10.2 Å². The predicted octanol–water partition coefficient (Wildman–Crippen LogP) is 3.78. The first kappa shape index (κ1) is 20.3. The van der Waals surface area contributed by atoms with Crippen molar-refractivity contribution in [1.29, 1.82) is 0 Å². The standard InChI is InChI=1S/C19H18BrN3O4/c1-13-11-15(20)8-9-16(13)21-18(24)12-22(2)19(25)10-7-14-5-3-4-6-17(14)23(26)27/h3-11H,12H2,1-2H3,(H,21,24)/b10-7+. The molecule has 0 aliphatic rings. The summed E-state index contributed by atoms with van der Waals surface area (Å²) in [5.41, 5.74) is 1.79. The largest absolute Gasteiger partial charge is 0.333 e. The molecule has 0 bridgehead atoms. The number of hydrogen-bond acceptors (Lipinski definition) is 4. The number of anilines is 1. The lowest BCUT2D eigenvalue weighted by molar-refractivity contribution is -0.385. The highest BCUT2D eigenvalue weighted by atomic mass is 79.9. The van der Waals surface area contributed by atoms with E-state index >= 15 is 0 Å². The van der Waals surface area contributed by atoms with E-state index in [1.54, 1.807) is 24.3 Å². The van der Waals surface area contributed by atoms with E-state index in [9.17, 15) is 19.7 Å². The summed E-state index contributed by atoms with van der Waals surface area (Å²) < 4.78 is 0.908. The van der Waals surface area contributed by atoms with Gasteiger partial charge in [0.05, 0.1) is 17.0 Å². The molecule has 0 aliphatic carbocycles. The normalized spacial score (nSPS) is 10.6. The number of nitro benzene ring substituents is 1. The Morgan fingerprint density at radius 3 is 2.63 bits per heavy atom. The van der Waals surface area contributed by atoms with Crippen LogP contribution in [-0.2, 0) is 9.59 Å². The third-order valence-corrected chi connectivity index (χ3v) is 4.25. The second-order valence-corrected chi connectivity index (χ2v) is 6.77. The number of carbonyl (C=O) groups excluding carboxylic acids is 2. The van der Waals surface area contributed by atoms with E-state index in [0.717, 1.165) is 10.0 Å². The molecule has 2 aromatic carbocycles. The molecule has 2 amide bonds. The van der Waals surface area contributed by atoms with Crippen LogP contribution in [0.25, 0.3) is 6.08 Å². The summed E-state index contributed by atoms with van der Waals surface area (Å²) in [6, 6.07) is 11.6. The number of aryl methyl sites for hydroxylation is 1. The molecule has 0 saturated carbocycles. The van der Waals surface area contributed by atoms with Gasteiger partial charge in [0.25, 0.3) is 5.69 Å². The highest BCUT2D eigenvalue weighted by Gasteiger charge is 2.13. The van der Waals surface area contributed by atoms with Gasteiger partial charge in [-0.3, -0.25) is 19.7 Å². The molecule has 0 unspecified atom stereocenters. The molecule has 140 valence electrons. The number of amides is 2. The van der Waals surface area contributed by atoms with Crippen LogP contribution in [0.2, 0.25) is 0 Å². The van der Waals surface area contributed by atoms with Gasteiger partial charge in [-0.1, -0.05) is 28.1 Å². The molecular weight excluding hydrogens is 414 g/mol. The minimum atomic E-state index is -0.512. The summed E-state index contributed by atoms with van der Waals surface area (Å²) in [4.78, 5) is 36.0. The molecule has 1 N–H and O–H groups in total. The Hall–Kier alpha value is -3.00. The van der Waals surface area contributed by atoms with Crippen LogP contribution in [0.4, 0.5) is 11.4 Å². The number of nitrogens with one attached hydrogen (secondary N) is 1. The van der Waals surface area contributed by atoms with Gasteiger partial charge in [0.1, 0.15) is 0 Å². The number of hydrogen-bond donors (Lipinski definition) is 1. The lowest BCUT2D eigenvalue weighted by atomic mass is 10.1. The average molecular weight is 432 g/mol. The van der Waals surface area contributed by atoms with E-state index in [1.807, 2.05) is 19.1 Å². The Morgan fingerprint density at radius 2 is 1.96 bits per heavy atom. The zero-order valence-corrected chi connectivity index (χ0v) is 16.4. The number of benzene rings is 2. The van der Waals surface area contributed by atoms with Crippen molar-refractivity contribution in [2.75, 3.05) is 18.9 Å². The predicted molar refractivity (Wildman–Crippen MR) is 107 cm³/mol. The third-order valence-electron chi connectivity index (χ3n) is 3.76. The fourth-order valence-corrected chi connectivity index (χ4v) is 2.81. The SMILES string of the molecule is Cc1cc(Br)ccc1NC(=O)CN(C)C(=O)/C=C/c1ccccc1[N+](=O)[O-]. The summed E-state index contributed by atoms with van der Waals surface area (Å²) in [7, 11) is 1.49. The van der Waals surface area contributed by atoms with Gasteiger partial charge in [0.2, 0.25) is 11.8 Å². The highest BCUT2D eigenvalue weighted by molar-refractivity contribution is 9.10. The number of nitro groups is 1. The van der Waals surface area contributed by atoms with Gasteiger partial charge in [0, 0.05) is 29.4 Å². The Kier molecular flexibility index (Phi) is 6.84. The van der Waals surface area contributed by atoms with E-state index in [-0.39, 0.29) is 18.1 Å². The van der Waals surface area contributed by atoms with Gasteiger partial charge in [0.15, 0.2) is 0 Å². The first-order chi connectivity index (χ1) is 12.8. The first-order valence-electron chi connectivity index (χ1n) is 8.00. The van der Waals surface area contributed by atoms with Crippen molar-refractivity contribution in [2.45, 2.75) is 6.92 Å². The summed E-state index contributed by atoms with van der Waals surface area (Å²) in [5, 5.41) is 13.7. The minimum absolute atomic E-state index is 0.0901. The first-order valence-corrected chi connectivity index (χ1v) is 8.80. The van der Waals surface area contributed by atoms with Crippen molar-refractivity contribution in [3.63, 3.8) is 0 Å². The lowest BCUT2D eigenvalue weighted by Crippen LogP contribution is -2.34. The molecule has 0 aromatic heterocycles. The van der Waals surface area contributed by atoms with Gasteiger partial charge >= 0.3 is 0 Å². The van der Waals surface area contributed by atoms with Crippen LogP contribution in [-0.4, -0.2) is 35.2 Å². The molecule has 0 aliphatic heterocycles. The summed E-state index contributed by atoms with van der Waals surface area (Å²) >= 11 is 3.36. The van der Waals surface area contributed by atoms with E-state index in [0.29, 0.717) is 11.3 Å². The van der Waals surface area contributed by atoms with E-state index in [4.69, 9.17) is 0 Å². The van der Waals surface area contributed by atoms with Crippen LogP contribution in [0.3, 0.4) is 0 Å². The molecule has 27 heavy (non-hydrogen) atoms. The molecule has 2 aromatic rings. The summed E-state index contributed by atoms with van der Waals surface area (Å²) in [5.74, 6) is -0.772. The van der Waals surface area contributed by atoms with E-state index in [1.165, 1.54) is 30.2 Å². The van der Waals surface area contributed by atoms with Crippen molar-refractivity contribution in [3.05, 3.63) is 74.3 Å². The lowest BCUT2D eigenvalue weighted by Gasteiger charge is -2.15. The Bertz CT molecular complexity index is 912. The fraction of sp³-hybridized carbons (Fsp3) is 0.158. The zero-order chi connectivity index (χ0) is 20.0. The number of likely N-dealkylation sites (N-methyl/N-ethyl adjacent to an activating group) is 1. The van der Waals surface area contributed by atoms with Crippen molar-refractivity contribution in [2.24, 2.45) is 0 Å². The molecule has 0 fully saturated rings. The maximum atomic E-state index is 12.2. The van der Waals surface area contributed by atoms with Crippen molar-refractivity contribution in [3.8, 4) is 0 Å². The molecule has 2 rings (SSSR count). The van der Waals surface area contributed by atoms with Crippen LogP contribution >= 0.6 is 15.9 Å². The van der Waals surface area contributed by atoms with Crippen molar-refractivity contribution in [1.82, 2.24) is 4.90 Å². The number of para-hydroxylation sites is 1. The van der Waals surface area contributed by atoms with Crippen LogP contribution in [0.15, 0.2) is 53.0 Å². The topological polar surface area (TPSA) is 92.6 Å². The number of rotatable bonds is 6. The molecule has 0 heterocycles. The second-order valence-electron chi connectivity index (χ2n) is 5.85.